The minimum Gasteiger partial charge on any atom is -0.330 e. The van der Waals surface area contributed by atoms with E-state index in [1.807, 2.05) is 5.32 Å². The zero-order chi connectivity index (χ0) is 14.6. The summed E-state index contributed by atoms with van der Waals surface area (Å²) in [5.74, 6) is -7.31. The molecule has 0 bridgehead atoms. The van der Waals surface area contributed by atoms with Gasteiger partial charge in [0.05, 0.1) is 0 Å². The van der Waals surface area contributed by atoms with E-state index in [2.05, 4.69) is 0 Å². The maximum atomic E-state index is 13.3. The van der Waals surface area contributed by atoms with Crippen LogP contribution in [0.2, 0.25) is 0 Å². The van der Waals surface area contributed by atoms with Crippen molar-refractivity contribution in [2.24, 2.45) is 11.7 Å². The van der Waals surface area contributed by atoms with Gasteiger partial charge in [-0.2, -0.15) is 0 Å². The Labute approximate surface area is 107 Å². The number of hydrogen-bond acceptors (Lipinski definition) is 2. The quantitative estimate of drug-likeness (QED) is 0.642. The molecule has 3 N–H and O–H groups in total. The van der Waals surface area contributed by atoms with Crippen molar-refractivity contribution < 1.29 is 22.4 Å². The summed E-state index contributed by atoms with van der Waals surface area (Å²) < 4.78 is 52.4. The number of anilines is 1. The molecular weight excluding hydrogens is 264 g/mol. The molecule has 0 aromatic heterocycles. The summed E-state index contributed by atoms with van der Waals surface area (Å²) in [5.41, 5.74) is 4.27. The summed E-state index contributed by atoms with van der Waals surface area (Å²) in [6.07, 6.45) is 0.524. The van der Waals surface area contributed by atoms with Gasteiger partial charge in [0.2, 0.25) is 5.91 Å². The van der Waals surface area contributed by atoms with Gasteiger partial charge >= 0.3 is 0 Å². The number of nitrogens with two attached hydrogens (primary N) is 1. The van der Waals surface area contributed by atoms with E-state index in [4.69, 9.17) is 5.73 Å². The minimum absolute atomic E-state index is 0.0784. The second-order valence-electron chi connectivity index (χ2n) is 4.11. The van der Waals surface area contributed by atoms with Crippen LogP contribution in [0.5, 0.6) is 0 Å². The van der Waals surface area contributed by atoms with Crippen LogP contribution < -0.4 is 11.1 Å². The number of carbonyl (C=O) groups excluding carboxylic acids is 1. The second kappa shape index (κ2) is 6.51. The topological polar surface area (TPSA) is 55.1 Å². The van der Waals surface area contributed by atoms with Gasteiger partial charge in [-0.3, -0.25) is 4.79 Å². The van der Waals surface area contributed by atoms with Crippen molar-refractivity contribution >= 4 is 11.6 Å². The van der Waals surface area contributed by atoms with Crippen LogP contribution in [0.3, 0.4) is 0 Å². The normalized spacial score (nSPS) is 12.3. The lowest BCUT2D eigenvalue weighted by molar-refractivity contribution is -0.117. The highest BCUT2D eigenvalue weighted by Crippen LogP contribution is 2.24. The first-order valence-electron chi connectivity index (χ1n) is 5.73. The molecule has 1 rings (SSSR count). The third-order valence-corrected chi connectivity index (χ3v) is 2.76. The van der Waals surface area contributed by atoms with Crippen molar-refractivity contribution in [3.63, 3.8) is 0 Å². The molecule has 0 heterocycles. The van der Waals surface area contributed by atoms with Crippen molar-refractivity contribution in [3.05, 3.63) is 29.3 Å². The zero-order valence-electron chi connectivity index (χ0n) is 10.3. The lowest BCUT2D eigenvalue weighted by Crippen LogP contribution is -2.23. The van der Waals surface area contributed by atoms with Crippen molar-refractivity contribution in [2.75, 3.05) is 11.9 Å². The van der Waals surface area contributed by atoms with Crippen LogP contribution in [0, 0.1) is 29.2 Å². The predicted molar refractivity (Wildman–Crippen MR) is 62.4 cm³/mol. The molecule has 106 valence electrons. The number of halogens is 4. The fourth-order valence-corrected chi connectivity index (χ4v) is 1.53. The number of nitrogens with one attached hydrogen (secondary N) is 1. The van der Waals surface area contributed by atoms with E-state index < -0.39 is 34.9 Å². The third-order valence-electron chi connectivity index (χ3n) is 2.76. The second-order valence-corrected chi connectivity index (χ2v) is 4.11. The summed E-state index contributed by atoms with van der Waals surface area (Å²) in [6.45, 7) is 2.03. The van der Waals surface area contributed by atoms with Gasteiger partial charge in [0.25, 0.3) is 0 Å². The molecule has 7 heteroatoms. The molecule has 1 atom stereocenters. The van der Waals surface area contributed by atoms with Crippen LogP contribution in [0.4, 0.5) is 23.2 Å². The van der Waals surface area contributed by atoms with Gasteiger partial charge in [-0.15, -0.1) is 0 Å². The molecule has 0 fully saturated rings. The molecule has 0 aliphatic heterocycles. The number of benzene rings is 1. The Morgan fingerprint density at radius 3 is 2.21 bits per heavy atom. The molecule has 0 radical (unpaired) electrons. The van der Waals surface area contributed by atoms with Gasteiger partial charge in [-0.1, -0.05) is 13.3 Å². The monoisotopic (exact) mass is 278 g/mol. The Morgan fingerprint density at radius 2 is 1.79 bits per heavy atom. The average molecular weight is 278 g/mol. The van der Waals surface area contributed by atoms with E-state index in [1.54, 1.807) is 6.92 Å². The van der Waals surface area contributed by atoms with Crippen molar-refractivity contribution in [1.29, 1.82) is 0 Å². The highest BCUT2D eigenvalue weighted by atomic mass is 19.2. The van der Waals surface area contributed by atoms with Gasteiger partial charge in [0, 0.05) is 12.5 Å². The summed E-state index contributed by atoms with van der Waals surface area (Å²) in [7, 11) is 0. The van der Waals surface area contributed by atoms with E-state index >= 15 is 0 Å². The van der Waals surface area contributed by atoms with E-state index in [1.165, 1.54) is 0 Å². The van der Waals surface area contributed by atoms with Gasteiger partial charge in [0.15, 0.2) is 23.3 Å². The minimum atomic E-state index is -1.63. The lowest BCUT2D eigenvalue weighted by Gasteiger charge is -2.13. The number of amides is 1. The number of rotatable bonds is 5. The molecular formula is C12H14F4N2O. The first-order valence-corrected chi connectivity index (χ1v) is 5.73. The van der Waals surface area contributed by atoms with Crippen LogP contribution >= 0.6 is 0 Å². The van der Waals surface area contributed by atoms with Gasteiger partial charge in [-0.05, 0) is 12.5 Å². The predicted octanol–water partition coefficient (Wildman–Crippen LogP) is 2.56. The molecule has 19 heavy (non-hydrogen) atoms. The molecule has 0 aliphatic carbocycles. The van der Waals surface area contributed by atoms with Gasteiger partial charge < -0.3 is 11.1 Å². The van der Waals surface area contributed by atoms with Crippen LogP contribution in [0.25, 0.3) is 0 Å². The average Bonchev–Trinajstić information content (AvgIpc) is 2.38. The first kappa shape index (κ1) is 15.4. The molecule has 0 aliphatic rings. The largest absolute Gasteiger partial charge is 0.330 e. The van der Waals surface area contributed by atoms with Crippen LogP contribution in [0.1, 0.15) is 19.8 Å². The first-order chi connectivity index (χ1) is 8.90. The number of carbonyl (C=O) groups is 1. The summed E-state index contributed by atoms with van der Waals surface area (Å²) in [4.78, 5) is 11.5. The van der Waals surface area contributed by atoms with E-state index in [0.717, 1.165) is 0 Å². The fourth-order valence-electron chi connectivity index (χ4n) is 1.53. The molecule has 3 nitrogen and oxygen atoms in total. The number of hydrogen-bond donors (Lipinski definition) is 2. The summed E-state index contributed by atoms with van der Waals surface area (Å²) in [6, 6.07) is 0.0784. The molecule has 1 amide bonds. The lowest BCUT2D eigenvalue weighted by atomic mass is 10.0. The Kier molecular flexibility index (Phi) is 5.29. The molecule has 1 unspecified atom stereocenters. The molecule has 1 aromatic rings. The van der Waals surface area contributed by atoms with E-state index in [-0.39, 0.29) is 24.9 Å². The third kappa shape index (κ3) is 3.66. The molecule has 0 saturated heterocycles. The SMILES string of the molecule is CCC(CN)CC(=O)Nc1c(F)c(F)cc(F)c1F. The fraction of sp³-hybridized carbons (Fsp3) is 0.417. The van der Waals surface area contributed by atoms with Crippen molar-refractivity contribution in [2.45, 2.75) is 19.8 Å². The standard InChI is InChI=1S/C12H14F4N2O/c1-2-6(5-17)3-9(19)18-12-10(15)7(13)4-8(14)11(12)16/h4,6H,2-3,5,17H2,1H3,(H,18,19). The Hall–Kier alpha value is -1.63. The van der Waals surface area contributed by atoms with E-state index in [0.29, 0.717) is 6.42 Å². The smallest absolute Gasteiger partial charge is 0.224 e. The van der Waals surface area contributed by atoms with Crippen LogP contribution in [0.15, 0.2) is 6.07 Å². The van der Waals surface area contributed by atoms with E-state index in [9.17, 15) is 22.4 Å². The highest BCUT2D eigenvalue weighted by molar-refractivity contribution is 5.91. The Morgan fingerprint density at radius 1 is 1.26 bits per heavy atom. The molecule has 1 aromatic carbocycles. The summed E-state index contributed by atoms with van der Waals surface area (Å²) in [5, 5.41) is 1.83. The Bertz CT molecular complexity index is 449. The molecule has 0 saturated carbocycles. The van der Waals surface area contributed by atoms with Crippen molar-refractivity contribution in [1.82, 2.24) is 0 Å². The zero-order valence-corrected chi connectivity index (χ0v) is 10.3. The summed E-state index contributed by atoms with van der Waals surface area (Å²) >= 11 is 0. The maximum absolute atomic E-state index is 13.3. The highest BCUT2D eigenvalue weighted by Gasteiger charge is 2.21. The van der Waals surface area contributed by atoms with Crippen LogP contribution in [-0.4, -0.2) is 12.5 Å². The van der Waals surface area contributed by atoms with Crippen LogP contribution in [-0.2, 0) is 4.79 Å². The maximum Gasteiger partial charge on any atom is 0.224 e. The Balaban J connectivity index is 2.91. The van der Waals surface area contributed by atoms with Gasteiger partial charge in [-0.25, -0.2) is 17.6 Å². The molecule has 0 spiro atoms. The van der Waals surface area contributed by atoms with Crippen molar-refractivity contribution in [3.8, 4) is 0 Å². The van der Waals surface area contributed by atoms with Gasteiger partial charge in [0.1, 0.15) is 5.69 Å².